The number of nitrogens with zero attached hydrogens (tertiary/aromatic N) is 4. The molecule has 0 fully saturated rings. The minimum atomic E-state index is -0.504. The highest BCUT2D eigenvalue weighted by atomic mass is 16.6. The summed E-state index contributed by atoms with van der Waals surface area (Å²) in [5.41, 5.74) is 1.29. The quantitative estimate of drug-likeness (QED) is 0.516. The highest BCUT2D eigenvalue weighted by Crippen LogP contribution is 2.23. The number of benzene rings is 2. The van der Waals surface area contributed by atoms with E-state index in [1.165, 1.54) is 17.0 Å². The Morgan fingerprint density at radius 3 is 2.58 bits per heavy atom. The monoisotopic (exact) mass is 352 g/mol. The van der Waals surface area contributed by atoms with E-state index in [9.17, 15) is 14.9 Å². The van der Waals surface area contributed by atoms with Gasteiger partial charge in [-0.1, -0.05) is 24.3 Å². The first-order valence-electron chi connectivity index (χ1n) is 7.84. The molecule has 3 aromatic rings. The normalized spacial score (nSPS) is 10.5. The number of hydrogen-bond donors (Lipinski definition) is 0. The van der Waals surface area contributed by atoms with Crippen molar-refractivity contribution >= 4 is 11.6 Å². The van der Waals surface area contributed by atoms with E-state index in [0.29, 0.717) is 11.5 Å². The molecule has 3 rings (SSSR count). The van der Waals surface area contributed by atoms with Gasteiger partial charge in [0.1, 0.15) is 0 Å². The summed E-state index contributed by atoms with van der Waals surface area (Å²) in [5.74, 6) is 0.293. The Bertz CT molecular complexity index is 953. The van der Waals surface area contributed by atoms with Crippen LogP contribution in [0.2, 0.25) is 0 Å². The summed E-state index contributed by atoms with van der Waals surface area (Å²) in [6.07, 6.45) is 0. The van der Waals surface area contributed by atoms with Crippen LogP contribution in [0.5, 0.6) is 0 Å². The van der Waals surface area contributed by atoms with Gasteiger partial charge in [0, 0.05) is 29.8 Å². The van der Waals surface area contributed by atoms with Crippen LogP contribution in [0, 0.1) is 17.0 Å². The lowest BCUT2D eigenvalue weighted by molar-refractivity contribution is -0.385. The molecule has 0 unspecified atom stereocenters. The van der Waals surface area contributed by atoms with Crippen molar-refractivity contribution in [2.75, 3.05) is 7.05 Å². The van der Waals surface area contributed by atoms with Gasteiger partial charge in [-0.25, -0.2) is 0 Å². The molecule has 0 aliphatic carbocycles. The molecule has 8 heteroatoms. The van der Waals surface area contributed by atoms with E-state index >= 15 is 0 Å². The number of amides is 1. The van der Waals surface area contributed by atoms with Crippen molar-refractivity contribution in [1.29, 1.82) is 0 Å². The molecule has 0 N–H and O–H groups in total. The minimum absolute atomic E-state index is 0.0894. The molecule has 132 valence electrons. The van der Waals surface area contributed by atoms with Gasteiger partial charge < -0.3 is 9.32 Å². The maximum atomic E-state index is 12.6. The Morgan fingerprint density at radius 1 is 1.15 bits per heavy atom. The third kappa shape index (κ3) is 3.44. The average Bonchev–Trinajstić information content (AvgIpc) is 3.10. The maximum Gasteiger partial charge on any atom is 0.273 e. The summed E-state index contributed by atoms with van der Waals surface area (Å²) in [7, 11) is 1.58. The summed E-state index contributed by atoms with van der Waals surface area (Å²) in [6, 6.07) is 13.7. The summed E-state index contributed by atoms with van der Waals surface area (Å²) >= 11 is 0. The van der Waals surface area contributed by atoms with Crippen molar-refractivity contribution in [1.82, 2.24) is 15.1 Å². The lowest BCUT2D eigenvalue weighted by Crippen LogP contribution is -2.27. The lowest BCUT2D eigenvalue weighted by atomic mass is 10.1. The second-order valence-corrected chi connectivity index (χ2v) is 5.74. The van der Waals surface area contributed by atoms with Crippen molar-refractivity contribution in [3.05, 3.63) is 75.7 Å². The Morgan fingerprint density at radius 2 is 1.88 bits per heavy atom. The number of hydrogen-bond acceptors (Lipinski definition) is 6. The molecular formula is C18H16N4O4. The van der Waals surface area contributed by atoms with Gasteiger partial charge in [-0.15, -0.1) is 10.2 Å². The van der Waals surface area contributed by atoms with Gasteiger partial charge in [0.2, 0.25) is 11.8 Å². The third-order valence-corrected chi connectivity index (χ3v) is 3.94. The van der Waals surface area contributed by atoms with Crippen LogP contribution >= 0.6 is 0 Å². The fraction of sp³-hybridized carbons (Fsp3) is 0.167. The summed E-state index contributed by atoms with van der Waals surface area (Å²) in [4.78, 5) is 24.6. The van der Waals surface area contributed by atoms with Gasteiger partial charge in [0.25, 0.3) is 11.6 Å². The molecule has 0 saturated carbocycles. The summed E-state index contributed by atoms with van der Waals surface area (Å²) < 4.78 is 5.59. The zero-order chi connectivity index (χ0) is 18.7. The van der Waals surface area contributed by atoms with Crippen LogP contribution in [0.15, 0.2) is 52.9 Å². The van der Waals surface area contributed by atoms with Gasteiger partial charge in [0.15, 0.2) is 0 Å². The van der Waals surface area contributed by atoms with E-state index in [1.54, 1.807) is 20.0 Å². The van der Waals surface area contributed by atoms with Crippen molar-refractivity contribution < 1.29 is 14.1 Å². The Labute approximate surface area is 149 Å². The largest absolute Gasteiger partial charge is 0.419 e. The fourth-order valence-electron chi connectivity index (χ4n) is 2.55. The number of nitro groups is 1. The van der Waals surface area contributed by atoms with Gasteiger partial charge >= 0.3 is 0 Å². The molecule has 1 amide bonds. The lowest BCUT2D eigenvalue weighted by Gasteiger charge is -2.16. The van der Waals surface area contributed by atoms with Crippen LogP contribution in [0.3, 0.4) is 0 Å². The van der Waals surface area contributed by atoms with Crippen LogP contribution in [0.4, 0.5) is 5.69 Å². The van der Waals surface area contributed by atoms with E-state index in [4.69, 9.17) is 4.42 Å². The predicted octanol–water partition coefficient (Wildman–Crippen LogP) is 3.23. The molecule has 0 radical (unpaired) electrons. The topological polar surface area (TPSA) is 102 Å². The van der Waals surface area contributed by atoms with E-state index in [0.717, 1.165) is 5.56 Å². The van der Waals surface area contributed by atoms with E-state index < -0.39 is 4.92 Å². The number of carbonyl (C=O) groups excluding carboxylic acids is 1. The first kappa shape index (κ1) is 17.3. The standard InChI is InChI=1S/C18H16N4O4/c1-12-14(9-6-10-15(12)22(24)25)18(23)21(2)11-16-19-20-17(26-16)13-7-4-3-5-8-13/h3-10H,11H2,1-2H3. The van der Waals surface area contributed by atoms with Gasteiger partial charge in [-0.3, -0.25) is 14.9 Å². The molecule has 0 spiro atoms. The molecule has 2 aromatic carbocycles. The summed E-state index contributed by atoms with van der Waals surface area (Å²) in [5, 5.41) is 19.0. The molecule has 0 atom stereocenters. The highest BCUT2D eigenvalue weighted by Gasteiger charge is 2.22. The Balaban J connectivity index is 1.78. The molecule has 26 heavy (non-hydrogen) atoms. The zero-order valence-electron chi connectivity index (χ0n) is 14.2. The molecule has 0 bridgehead atoms. The van der Waals surface area contributed by atoms with Crippen LogP contribution in [0.25, 0.3) is 11.5 Å². The van der Waals surface area contributed by atoms with Crippen molar-refractivity contribution in [3.63, 3.8) is 0 Å². The number of carbonyl (C=O) groups is 1. The Kier molecular flexibility index (Phi) is 4.74. The average molecular weight is 352 g/mol. The highest BCUT2D eigenvalue weighted by molar-refractivity contribution is 5.96. The van der Waals surface area contributed by atoms with Crippen LogP contribution in [-0.4, -0.2) is 33.0 Å². The van der Waals surface area contributed by atoms with Gasteiger partial charge in [-0.05, 0) is 25.1 Å². The zero-order valence-corrected chi connectivity index (χ0v) is 14.2. The molecule has 1 heterocycles. The van der Waals surface area contributed by atoms with Crippen LogP contribution < -0.4 is 0 Å². The molecule has 1 aromatic heterocycles. The molecule has 0 aliphatic rings. The predicted molar refractivity (Wildman–Crippen MR) is 93.4 cm³/mol. The van der Waals surface area contributed by atoms with Crippen LogP contribution in [0.1, 0.15) is 21.8 Å². The number of rotatable bonds is 5. The van der Waals surface area contributed by atoms with Gasteiger partial charge in [-0.2, -0.15) is 0 Å². The number of nitro benzene ring substituents is 1. The molecule has 0 saturated heterocycles. The molecule has 0 aliphatic heterocycles. The fourth-order valence-corrected chi connectivity index (χ4v) is 2.55. The van der Waals surface area contributed by atoms with Crippen molar-refractivity contribution in [2.24, 2.45) is 0 Å². The van der Waals surface area contributed by atoms with E-state index in [1.807, 2.05) is 30.3 Å². The molecule has 8 nitrogen and oxygen atoms in total. The van der Waals surface area contributed by atoms with E-state index in [-0.39, 0.29) is 29.6 Å². The smallest absolute Gasteiger partial charge is 0.273 e. The first-order chi connectivity index (χ1) is 12.5. The minimum Gasteiger partial charge on any atom is -0.419 e. The first-order valence-corrected chi connectivity index (χ1v) is 7.84. The number of aromatic nitrogens is 2. The third-order valence-electron chi connectivity index (χ3n) is 3.94. The van der Waals surface area contributed by atoms with E-state index in [2.05, 4.69) is 10.2 Å². The molecular weight excluding hydrogens is 336 g/mol. The van der Waals surface area contributed by atoms with Gasteiger partial charge in [0.05, 0.1) is 11.5 Å². The second kappa shape index (κ2) is 7.14. The second-order valence-electron chi connectivity index (χ2n) is 5.74. The SMILES string of the molecule is Cc1c(C(=O)N(C)Cc2nnc(-c3ccccc3)o2)cccc1[N+](=O)[O-]. The maximum absolute atomic E-state index is 12.6. The van der Waals surface area contributed by atoms with Crippen LogP contribution in [-0.2, 0) is 6.54 Å². The van der Waals surface area contributed by atoms with Crippen molar-refractivity contribution in [2.45, 2.75) is 13.5 Å². The van der Waals surface area contributed by atoms with Crippen molar-refractivity contribution in [3.8, 4) is 11.5 Å². The Hall–Kier alpha value is -3.55. The summed E-state index contributed by atoms with van der Waals surface area (Å²) in [6.45, 7) is 1.65.